The van der Waals surface area contributed by atoms with Crippen LogP contribution in [0, 0.1) is 0 Å². The van der Waals surface area contributed by atoms with Crippen LogP contribution in [-0.2, 0) is 0 Å². The first kappa shape index (κ1) is 12.8. The second-order valence-electron chi connectivity index (χ2n) is 4.45. The summed E-state index contributed by atoms with van der Waals surface area (Å²) in [4.78, 5) is 0.275. The fraction of sp³-hybridized carbons (Fsp3) is 0.538. The van der Waals surface area contributed by atoms with Gasteiger partial charge in [0.2, 0.25) is 0 Å². The van der Waals surface area contributed by atoms with Crippen molar-refractivity contribution >= 4 is 11.8 Å². The first-order chi connectivity index (χ1) is 8.04. The van der Waals surface area contributed by atoms with Gasteiger partial charge in [-0.3, -0.25) is 0 Å². The van der Waals surface area contributed by atoms with Gasteiger partial charge in [-0.2, -0.15) is 13.2 Å². The third-order valence-electron chi connectivity index (χ3n) is 3.19. The number of hydrogen-bond acceptors (Lipinski definition) is 1. The molecule has 0 unspecified atom stereocenters. The molecular formula is C13H15F3S. The van der Waals surface area contributed by atoms with E-state index in [1.165, 1.54) is 37.7 Å². The molecule has 1 fully saturated rings. The predicted molar refractivity (Wildman–Crippen MR) is 64.2 cm³/mol. The van der Waals surface area contributed by atoms with Gasteiger partial charge in [0.25, 0.3) is 0 Å². The molecular weight excluding hydrogens is 245 g/mol. The van der Waals surface area contributed by atoms with Crippen LogP contribution in [0.4, 0.5) is 13.2 Å². The molecule has 0 heterocycles. The average Bonchev–Trinajstić information content (AvgIpc) is 2.29. The SMILES string of the molecule is FC(F)(F)Sc1ccc(C2CCCCC2)cc1. The third kappa shape index (κ3) is 3.95. The Kier molecular flexibility index (Phi) is 4.02. The Bertz CT molecular complexity index is 350. The lowest BCUT2D eigenvalue weighted by atomic mass is 9.84. The molecule has 1 aliphatic carbocycles. The van der Waals surface area contributed by atoms with Crippen molar-refractivity contribution in [1.82, 2.24) is 0 Å². The van der Waals surface area contributed by atoms with Crippen molar-refractivity contribution in [3.8, 4) is 0 Å². The molecule has 0 nitrogen and oxygen atoms in total. The minimum atomic E-state index is -4.19. The van der Waals surface area contributed by atoms with Crippen LogP contribution in [0.2, 0.25) is 0 Å². The third-order valence-corrected chi connectivity index (χ3v) is 3.93. The Balaban J connectivity index is 2.02. The Labute approximate surface area is 104 Å². The van der Waals surface area contributed by atoms with Crippen LogP contribution in [0.15, 0.2) is 29.2 Å². The number of benzene rings is 1. The summed E-state index contributed by atoms with van der Waals surface area (Å²) >= 11 is -0.0439. The molecule has 4 heteroatoms. The number of alkyl halides is 3. The number of halogens is 3. The zero-order valence-electron chi connectivity index (χ0n) is 9.46. The van der Waals surface area contributed by atoms with Crippen molar-refractivity contribution in [3.63, 3.8) is 0 Å². The van der Waals surface area contributed by atoms with E-state index in [4.69, 9.17) is 0 Å². The molecule has 0 saturated heterocycles. The van der Waals surface area contributed by atoms with Gasteiger partial charge in [-0.05, 0) is 48.2 Å². The second-order valence-corrected chi connectivity index (χ2v) is 5.59. The van der Waals surface area contributed by atoms with Crippen molar-refractivity contribution in [2.24, 2.45) is 0 Å². The van der Waals surface area contributed by atoms with Gasteiger partial charge in [-0.15, -0.1) is 0 Å². The summed E-state index contributed by atoms with van der Waals surface area (Å²) in [5.74, 6) is 0.550. The van der Waals surface area contributed by atoms with Gasteiger partial charge < -0.3 is 0 Å². The summed E-state index contributed by atoms with van der Waals surface area (Å²) in [7, 11) is 0. The molecule has 1 aliphatic rings. The Morgan fingerprint density at radius 1 is 0.941 bits per heavy atom. The summed E-state index contributed by atoms with van der Waals surface area (Å²) in [5, 5.41) is 0. The lowest BCUT2D eigenvalue weighted by Crippen LogP contribution is -2.04. The molecule has 1 aromatic rings. The monoisotopic (exact) mass is 260 g/mol. The van der Waals surface area contributed by atoms with Crippen LogP contribution in [0.5, 0.6) is 0 Å². The molecule has 0 N–H and O–H groups in total. The van der Waals surface area contributed by atoms with E-state index in [1.807, 2.05) is 12.1 Å². The molecule has 0 aliphatic heterocycles. The predicted octanol–water partition coefficient (Wildman–Crippen LogP) is 5.35. The molecule has 94 valence electrons. The van der Waals surface area contributed by atoms with Gasteiger partial charge in [0.15, 0.2) is 0 Å². The van der Waals surface area contributed by atoms with Gasteiger partial charge in [-0.1, -0.05) is 31.4 Å². The van der Waals surface area contributed by atoms with Crippen molar-refractivity contribution in [3.05, 3.63) is 29.8 Å². The van der Waals surface area contributed by atoms with Gasteiger partial charge >= 0.3 is 5.51 Å². The number of hydrogen-bond donors (Lipinski definition) is 0. The maximum atomic E-state index is 12.2. The quantitative estimate of drug-likeness (QED) is 0.646. The summed E-state index contributed by atoms with van der Waals surface area (Å²) < 4.78 is 36.5. The topological polar surface area (TPSA) is 0 Å². The molecule has 0 amide bonds. The van der Waals surface area contributed by atoms with E-state index in [9.17, 15) is 13.2 Å². The van der Waals surface area contributed by atoms with E-state index in [0.29, 0.717) is 5.92 Å². The van der Waals surface area contributed by atoms with Crippen LogP contribution in [0.1, 0.15) is 43.6 Å². The highest BCUT2D eigenvalue weighted by atomic mass is 32.2. The Morgan fingerprint density at radius 3 is 2.06 bits per heavy atom. The zero-order chi connectivity index (χ0) is 12.3. The van der Waals surface area contributed by atoms with E-state index in [1.54, 1.807) is 12.1 Å². The maximum absolute atomic E-state index is 12.2. The van der Waals surface area contributed by atoms with Crippen LogP contribution >= 0.6 is 11.8 Å². The van der Waals surface area contributed by atoms with Gasteiger partial charge in [0.1, 0.15) is 0 Å². The van der Waals surface area contributed by atoms with E-state index in [2.05, 4.69) is 0 Å². The van der Waals surface area contributed by atoms with Crippen LogP contribution in [0.25, 0.3) is 0 Å². The molecule has 0 aromatic heterocycles. The van der Waals surface area contributed by atoms with Crippen molar-refractivity contribution in [2.45, 2.75) is 48.4 Å². The highest BCUT2D eigenvalue weighted by molar-refractivity contribution is 8.00. The maximum Gasteiger partial charge on any atom is 0.446 e. The van der Waals surface area contributed by atoms with E-state index in [-0.39, 0.29) is 16.7 Å². The zero-order valence-corrected chi connectivity index (χ0v) is 10.3. The van der Waals surface area contributed by atoms with E-state index >= 15 is 0 Å². The van der Waals surface area contributed by atoms with Gasteiger partial charge in [0, 0.05) is 4.90 Å². The first-order valence-electron chi connectivity index (χ1n) is 5.90. The molecule has 1 saturated carbocycles. The second kappa shape index (κ2) is 5.34. The van der Waals surface area contributed by atoms with Crippen LogP contribution in [-0.4, -0.2) is 5.51 Å². The average molecular weight is 260 g/mol. The lowest BCUT2D eigenvalue weighted by molar-refractivity contribution is -0.0328. The summed E-state index contributed by atoms with van der Waals surface area (Å²) in [6, 6.07) is 6.87. The summed E-state index contributed by atoms with van der Waals surface area (Å²) in [6.07, 6.45) is 6.11. The van der Waals surface area contributed by atoms with Gasteiger partial charge in [0.05, 0.1) is 0 Å². The van der Waals surface area contributed by atoms with Crippen molar-refractivity contribution in [2.75, 3.05) is 0 Å². The van der Waals surface area contributed by atoms with Crippen molar-refractivity contribution < 1.29 is 13.2 Å². The van der Waals surface area contributed by atoms with Crippen molar-refractivity contribution in [1.29, 1.82) is 0 Å². The highest BCUT2D eigenvalue weighted by Crippen LogP contribution is 2.38. The molecule has 0 atom stereocenters. The van der Waals surface area contributed by atoms with E-state index < -0.39 is 5.51 Å². The number of rotatable bonds is 2. The first-order valence-corrected chi connectivity index (χ1v) is 6.72. The number of thioether (sulfide) groups is 1. The smallest absolute Gasteiger partial charge is 0.160 e. The Morgan fingerprint density at radius 2 is 1.53 bits per heavy atom. The standard InChI is InChI=1S/C13H15F3S/c14-13(15,16)17-12-8-6-11(7-9-12)10-4-2-1-3-5-10/h6-10H,1-5H2. The molecule has 1 aromatic carbocycles. The molecule has 0 radical (unpaired) electrons. The van der Waals surface area contributed by atoms with Gasteiger partial charge in [-0.25, -0.2) is 0 Å². The fourth-order valence-electron chi connectivity index (χ4n) is 2.38. The minimum absolute atomic E-state index is 0.0439. The minimum Gasteiger partial charge on any atom is -0.160 e. The normalized spacial score (nSPS) is 18.3. The highest BCUT2D eigenvalue weighted by Gasteiger charge is 2.29. The fourth-order valence-corrected chi connectivity index (χ4v) is 2.92. The van der Waals surface area contributed by atoms with Crippen LogP contribution in [0.3, 0.4) is 0 Å². The summed E-state index contributed by atoms with van der Waals surface area (Å²) in [5.41, 5.74) is -3.00. The van der Waals surface area contributed by atoms with E-state index in [0.717, 1.165) is 0 Å². The molecule has 0 bridgehead atoms. The largest absolute Gasteiger partial charge is 0.446 e. The molecule has 17 heavy (non-hydrogen) atoms. The Hall–Kier alpha value is -0.640. The molecule has 0 spiro atoms. The lowest BCUT2D eigenvalue weighted by Gasteiger charge is -2.22. The summed E-state index contributed by atoms with van der Waals surface area (Å²) in [6.45, 7) is 0. The van der Waals surface area contributed by atoms with Crippen LogP contribution < -0.4 is 0 Å². The molecule has 2 rings (SSSR count).